The van der Waals surface area contributed by atoms with Crippen LogP contribution in [0.4, 0.5) is 4.39 Å². The summed E-state index contributed by atoms with van der Waals surface area (Å²) in [5, 5.41) is 13.2. The minimum absolute atomic E-state index is 0.315. The van der Waals surface area contributed by atoms with E-state index in [-0.39, 0.29) is 5.82 Å². The Morgan fingerprint density at radius 2 is 1.82 bits per heavy atom. The highest BCUT2D eigenvalue weighted by atomic mass is 19.1. The molecule has 0 aromatic heterocycles. The lowest BCUT2D eigenvalue weighted by Gasteiger charge is -2.15. The molecule has 0 bridgehead atoms. The second-order valence-corrected chi connectivity index (χ2v) is 4.85. The molecule has 1 unspecified atom stereocenters. The zero-order chi connectivity index (χ0) is 15.9. The molecule has 0 saturated heterocycles. The van der Waals surface area contributed by atoms with Crippen molar-refractivity contribution >= 4 is 0 Å². The SMILES string of the molecule is COc1cccc(CNCC(O)c2ccc(F)cc2)c1OC. The highest BCUT2D eigenvalue weighted by molar-refractivity contribution is 5.46. The third kappa shape index (κ3) is 3.96. The normalized spacial score (nSPS) is 12.0. The second kappa shape index (κ2) is 7.77. The average molecular weight is 305 g/mol. The van der Waals surface area contributed by atoms with Gasteiger partial charge in [-0.2, -0.15) is 0 Å². The number of hydrogen-bond acceptors (Lipinski definition) is 4. The number of nitrogens with one attached hydrogen (secondary N) is 1. The zero-order valence-corrected chi connectivity index (χ0v) is 12.7. The molecule has 1 atom stereocenters. The van der Waals surface area contributed by atoms with Crippen LogP contribution in [0.3, 0.4) is 0 Å². The highest BCUT2D eigenvalue weighted by Crippen LogP contribution is 2.30. The first-order chi connectivity index (χ1) is 10.7. The summed E-state index contributed by atoms with van der Waals surface area (Å²) < 4.78 is 23.5. The summed E-state index contributed by atoms with van der Waals surface area (Å²) in [6.07, 6.45) is -0.697. The molecule has 0 aliphatic heterocycles. The topological polar surface area (TPSA) is 50.7 Å². The number of hydrogen-bond donors (Lipinski definition) is 2. The van der Waals surface area contributed by atoms with Crippen LogP contribution >= 0.6 is 0 Å². The number of halogens is 1. The van der Waals surface area contributed by atoms with E-state index in [9.17, 15) is 9.50 Å². The van der Waals surface area contributed by atoms with Gasteiger partial charge in [-0.15, -0.1) is 0 Å². The highest BCUT2D eigenvalue weighted by Gasteiger charge is 2.11. The fraction of sp³-hybridized carbons (Fsp3) is 0.294. The van der Waals surface area contributed by atoms with Gasteiger partial charge in [0.1, 0.15) is 5.82 Å². The summed E-state index contributed by atoms with van der Waals surface area (Å²) in [6.45, 7) is 0.880. The van der Waals surface area contributed by atoms with Crippen LogP contribution in [0.1, 0.15) is 17.2 Å². The molecule has 0 aliphatic rings. The third-order valence-electron chi connectivity index (χ3n) is 3.39. The first-order valence-electron chi connectivity index (χ1n) is 6.99. The maximum Gasteiger partial charge on any atom is 0.165 e. The van der Waals surface area contributed by atoms with Crippen molar-refractivity contribution in [3.8, 4) is 11.5 Å². The van der Waals surface area contributed by atoms with Crippen molar-refractivity contribution in [2.75, 3.05) is 20.8 Å². The smallest absolute Gasteiger partial charge is 0.165 e. The Hall–Kier alpha value is -2.11. The van der Waals surface area contributed by atoms with Crippen molar-refractivity contribution in [2.45, 2.75) is 12.6 Å². The van der Waals surface area contributed by atoms with Crippen LogP contribution in [0.5, 0.6) is 11.5 Å². The molecule has 0 saturated carbocycles. The molecule has 2 N–H and O–H groups in total. The van der Waals surface area contributed by atoms with Gasteiger partial charge in [-0.3, -0.25) is 0 Å². The van der Waals surface area contributed by atoms with Gasteiger partial charge >= 0.3 is 0 Å². The molecule has 2 aromatic rings. The fourth-order valence-corrected chi connectivity index (χ4v) is 2.24. The molecule has 0 spiro atoms. The Bertz CT molecular complexity index is 601. The lowest BCUT2D eigenvalue weighted by Crippen LogP contribution is -2.21. The quantitative estimate of drug-likeness (QED) is 0.826. The van der Waals surface area contributed by atoms with E-state index in [1.165, 1.54) is 12.1 Å². The molecule has 0 heterocycles. The maximum absolute atomic E-state index is 12.9. The van der Waals surface area contributed by atoms with E-state index in [1.54, 1.807) is 26.4 Å². The summed E-state index contributed by atoms with van der Waals surface area (Å²) in [4.78, 5) is 0. The van der Waals surface area contributed by atoms with Gasteiger partial charge < -0.3 is 19.9 Å². The summed E-state index contributed by atoms with van der Waals surface area (Å²) in [6, 6.07) is 11.5. The molecular weight excluding hydrogens is 285 g/mol. The van der Waals surface area contributed by atoms with Gasteiger partial charge in [-0.05, 0) is 23.8 Å². The standard InChI is InChI=1S/C17H20FNO3/c1-21-16-5-3-4-13(17(16)22-2)10-19-11-15(20)12-6-8-14(18)9-7-12/h3-9,15,19-20H,10-11H2,1-2H3. The number of rotatable bonds is 7. The molecule has 5 heteroatoms. The van der Waals surface area contributed by atoms with Crippen LogP contribution in [-0.2, 0) is 6.54 Å². The monoisotopic (exact) mass is 305 g/mol. The molecule has 0 radical (unpaired) electrons. The van der Waals surface area contributed by atoms with Crippen molar-refractivity contribution in [3.63, 3.8) is 0 Å². The van der Waals surface area contributed by atoms with E-state index in [0.717, 1.165) is 5.56 Å². The van der Waals surface area contributed by atoms with Gasteiger partial charge in [-0.25, -0.2) is 4.39 Å². The van der Waals surface area contributed by atoms with E-state index in [0.29, 0.717) is 30.2 Å². The molecular formula is C17H20FNO3. The number of benzene rings is 2. The van der Waals surface area contributed by atoms with Crippen LogP contribution < -0.4 is 14.8 Å². The lowest BCUT2D eigenvalue weighted by molar-refractivity contribution is 0.174. The van der Waals surface area contributed by atoms with Gasteiger partial charge in [0.15, 0.2) is 11.5 Å². The summed E-state index contributed by atoms with van der Waals surface area (Å²) in [7, 11) is 3.18. The van der Waals surface area contributed by atoms with E-state index in [2.05, 4.69) is 5.32 Å². The van der Waals surface area contributed by atoms with Gasteiger partial charge in [0.05, 0.1) is 20.3 Å². The van der Waals surface area contributed by atoms with E-state index in [4.69, 9.17) is 9.47 Å². The summed E-state index contributed by atoms with van der Waals surface area (Å²) in [5.74, 6) is 1.03. The van der Waals surface area contributed by atoms with Crippen LogP contribution in [0.2, 0.25) is 0 Å². The van der Waals surface area contributed by atoms with Crippen molar-refractivity contribution in [2.24, 2.45) is 0 Å². The lowest BCUT2D eigenvalue weighted by atomic mass is 10.1. The molecule has 2 rings (SSSR count). The van der Waals surface area contributed by atoms with Crippen molar-refractivity contribution in [1.82, 2.24) is 5.32 Å². The fourth-order valence-electron chi connectivity index (χ4n) is 2.24. The number of aliphatic hydroxyl groups excluding tert-OH is 1. The molecule has 0 aliphatic carbocycles. The molecule has 2 aromatic carbocycles. The largest absolute Gasteiger partial charge is 0.493 e. The van der Waals surface area contributed by atoms with Crippen molar-refractivity contribution in [3.05, 3.63) is 59.4 Å². The first kappa shape index (κ1) is 16.3. The van der Waals surface area contributed by atoms with Crippen LogP contribution in [0.25, 0.3) is 0 Å². The number of para-hydroxylation sites is 1. The Morgan fingerprint density at radius 1 is 1.09 bits per heavy atom. The minimum atomic E-state index is -0.697. The maximum atomic E-state index is 12.9. The Labute approximate surface area is 129 Å². The van der Waals surface area contributed by atoms with E-state index in [1.807, 2.05) is 18.2 Å². The molecule has 118 valence electrons. The molecule has 4 nitrogen and oxygen atoms in total. The predicted molar refractivity (Wildman–Crippen MR) is 82.6 cm³/mol. The number of aliphatic hydroxyl groups is 1. The van der Waals surface area contributed by atoms with Gasteiger partial charge in [0.25, 0.3) is 0 Å². The van der Waals surface area contributed by atoms with Crippen molar-refractivity contribution < 1.29 is 19.0 Å². The summed E-state index contributed by atoms with van der Waals surface area (Å²) in [5.41, 5.74) is 1.61. The first-order valence-corrected chi connectivity index (χ1v) is 6.99. The van der Waals surface area contributed by atoms with E-state index >= 15 is 0 Å². The Balaban J connectivity index is 1.95. The van der Waals surface area contributed by atoms with Gasteiger partial charge in [-0.1, -0.05) is 24.3 Å². The Morgan fingerprint density at radius 3 is 2.45 bits per heavy atom. The van der Waals surface area contributed by atoms with Crippen LogP contribution in [-0.4, -0.2) is 25.9 Å². The zero-order valence-electron chi connectivity index (χ0n) is 12.7. The molecule has 0 fully saturated rings. The number of methoxy groups -OCH3 is 2. The average Bonchev–Trinajstić information content (AvgIpc) is 2.55. The number of ether oxygens (including phenoxy) is 2. The molecule has 0 amide bonds. The minimum Gasteiger partial charge on any atom is -0.493 e. The van der Waals surface area contributed by atoms with Crippen LogP contribution in [0, 0.1) is 5.82 Å². The van der Waals surface area contributed by atoms with Crippen LogP contribution in [0.15, 0.2) is 42.5 Å². The van der Waals surface area contributed by atoms with Gasteiger partial charge in [0, 0.05) is 18.7 Å². The van der Waals surface area contributed by atoms with Crippen molar-refractivity contribution in [1.29, 1.82) is 0 Å². The Kier molecular flexibility index (Phi) is 5.75. The molecule has 22 heavy (non-hydrogen) atoms. The van der Waals surface area contributed by atoms with Gasteiger partial charge in [0.2, 0.25) is 0 Å². The third-order valence-corrected chi connectivity index (χ3v) is 3.39. The van der Waals surface area contributed by atoms with E-state index < -0.39 is 6.10 Å². The summed E-state index contributed by atoms with van der Waals surface area (Å²) >= 11 is 0. The second-order valence-electron chi connectivity index (χ2n) is 4.85. The predicted octanol–water partition coefficient (Wildman–Crippen LogP) is 2.67.